The van der Waals surface area contributed by atoms with Crippen molar-refractivity contribution in [1.29, 1.82) is 0 Å². The molecule has 0 saturated heterocycles. The first-order valence-corrected chi connectivity index (χ1v) is 7.46. The highest BCUT2D eigenvalue weighted by atomic mass is 16.5. The number of nitrogens with two attached hydrogens (primary N) is 1. The highest BCUT2D eigenvalue weighted by molar-refractivity contribution is 5.04. The number of methoxy groups -OCH3 is 1. The van der Waals surface area contributed by atoms with Gasteiger partial charge in [-0.2, -0.15) is 4.98 Å². The van der Waals surface area contributed by atoms with Crippen LogP contribution < -0.4 is 5.73 Å². The molecule has 114 valence electrons. The Morgan fingerprint density at radius 3 is 2.55 bits per heavy atom. The van der Waals surface area contributed by atoms with Crippen LogP contribution in [0.25, 0.3) is 0 Å². The zero-order valence-corrected chi connectivity index (χ0v) is 12.4. The third kappa shape index (κ3) is 3.19. The van der Waals surface area contributed by atoms with Crippen LogP contribution in [0, 0.1) is 0 Å². The zero-order valence-electron chi connectivity index (χ0n) is 12.4. The maximum atomic E-state index is 6.04. The van der Waals surface area contributed by atoms with Gasteiger partial charge in [0.05, 0.1) is 0 Å². The van der Waals surface area contributed by atoms with E-state index >= 15 is 0 Å². The Kier molecular flexibility index (Phi) is 5.51. The zero-order chi connectivity index (χ0) is 14.4. The van der Waals surface area contributed by atoms with Gasteiger partial charge in [0.2, 0.25) is 5.82 Å². The van der Waals surface area contributed by atoms with Gasteiger partial charge in [-0.25, -0.2) is 0 Å². The number of ether oxygens (including phenoxy) is 2. The Morgan fingerprint density at radius 1 is 1.30 bits per heavy atom. The minimum absolute atomic E-state index is 0.319. The van der Waals surface area contributed by atoms with Crippen molar-refractivity contribution in [3.8, 4) is 0 Å². The smallest absolute Gasteiger partial charge is 0.257 e. The third-order valence-electron chi connectivity index (χ3n) is 3.96. The summed E-state index contributed by atoms with van der Waals surface area (Å²) in [5.74, 6) is 1.08. The van der Waals surface area contributed by atoms with Crippen molar-refractivity contribution in [1.82, 2.24) is 10.1 Å². The van der Waals surface area contributed by atoms with E-state index in [4.69, 9.17) is 19.7 Å². The van der Waals surface area contributed by atoms with E-state index in [1.165, 1.54) is 12.8 Å². The largest absolute Gasteiger partial charge is 0.370 e. The molecule has 1 aliphatic rings. The molecule has 20 heavy (non-hydrogen) atoms. The average Bonchev–Trinajstić information content (AvgIpc) is 2.82. The lowest BCUT2D eigenvalue weighted by Gasteiger charge is -2.29. The Labute approximate surface area is 120 Å². The summed E-state index contributed by atoms with van der Waals surface area (Å²) in [5.41, 5.74) is 5.23. The first-order valence-electron chi connectivity index (χ1n) is 7.46. The fourth-order valence-corrected chi connectivity index (χ4v) is 2.86. The van der Waals surface area contributed by atoms with E-state index in [1.54, 1.807) is 7.11 Å². The van der Waals surface area contributed by atoms with Crippen molar-refractivity contribution >= 4 is 0 Å². The lowest BCUT2D eigenvalue weighted by Crippen LogP contribution is -2.31. The summed E-state index contributed by atoms with van der Waals surface area (Å²) in [6.45, 7) is 2.97. The van der Waals surface area contributed by atoms with Gasteiger partial charge in [0.1, 0.15) is 11.7 Å². The Balaban J connectivity index is 2.24. The normalized spacial score (nSPS) is 20.6. The second-order valence-electron chi connectivity index (χ2n) is 5.26. The van der Waals surface area contributed by atoms with Crippen molar-refractivity contribution in [3.05, 3.63) is 11.7 Å². The first kappa shape index (κ1) is 15.4. The van der Waals surface area contributed by atoms with E-state index in [2.05, 4.69) is 10.1 Å². The lowest BCUT2D eigenvalue weighted by atomic mass is 9.93. The number of hydrogen-bond acceptors (Lipinski definition) is 6. The van der Waals surface area contributed by atoms with Gasteiger partial charge in [-0.3, -0.25) is 0 Å². The van der Waals surface area contributed by atoms with Crippen molar-refractivity contribution in [2.45, 2.75) is 57.2 Å². The number of hydrogen-bond donors (Lipinski definition) is 1. The van der Waals surface area contributed by atoms with Gasteiger partial charge in [0.15, 0.2) is 0 Å². The lowest BCUT2D eigenvalue weighted by molar-refractivity contribution is -0.0636. The van der Waals surface area contributed by atoms with Crippen LogP contribution in [0.5, 0.6) is 0 Å². The fourth-order valence-electron chi connectivity index (χ4n) is 2.86. The number of rotatable bonds is 6. The molecular formula is C14H25N3O3. The second kappa shape index (κ2) is 7.15. The Bertz CT molecular complexity index is 396. The summed E-state index contributed by atoms with van der Waals surface area (Å²) in [5, 5.41) is 4.14. The molecule has 0 aromatic carbocycles. The summed E-state index contributed by atoms with van der Waals surface area (Å²) in [6.07, 6.45) is 6.29. The predicted molar refractivity (Wildman–Crippen MR) is 74.1 cm³/mol. The molecule has 0 spiro atoms. The van der Waals surface area contributed by atoms with Gasteiger partial charge in [0, 0.05) is 20.3 Å². The summed E-state index contributed by atoms with van der Waals surface area (Å²) in [4.78, 5) is 4.50. The van der Waals surface area contributed by atoms with Crippen LogP contribution in [-0.4, -0.2) is 30.4 Å². The van der Waals surface area contributed by atoms with Crippen LogP contribution in [-0.2, 0) is 15.1 Å². The molecule has 1 aromatic rings. The average molecular weight is 283 g/mol. The fraction of sp³-hybridized carbons (Fsp3) is 0.857. The number of aromatic nitrogens is 2. The van der Waals surface area contributed by atoms with Gasteiger partial charge in [0.25, 0.3) is 5.89 Å². The van der Waals surface area contributed by atoms with Crippen molar-refractivity contribution in [3.63, 3.8) is 0 Å². The maximum absolute atomic E-state index is 6.04. The number of nitrogens with zero attached hydrogens (tertiary/aromatic N) is 2. The van der Waals surface area contributed by atoms with E-state index < -0.39 is 5.60 Å². The molecule has 2 rings (SSSR count). The van der Waals surface area contributed by atoms with E-state index in [0.29, 0.717) is 24.9 Å². The van der Waals surface area contributed by atoms with Crippen molar-refractivity contribution in [2.75, 3.05) is 20.3 Å². The predicted octanol–water partition coefficient (Wildman–Crippen LogP) is 2.30. The highest BCUT2D eigenvalue weighted by Gasteiger charge is 2.38. The van der Waals surface area contributed by atoms with E-state index in [1.807, 2.05) is 6.92 Å². The van der Waals surface area contributed by atoms with Gasteiger partial charge in [-0.1, -0.05) is 30.8 Å². The van der Waals surface area contributed by atoms with Crippen LogP contribution >= 0.6 is 0 Å². The molecule has 1 saturated carbocycles. The van der Waals surface area contributed by atoms with Gasteiger partial charge < -0.3 is 19.7 Å². The molecule has 1 unspecified atom stereocenters. The molecule has 1 heterocycles. The van der Waals surface area contributed by atoms with Gasteiger partial charge in [-0.15, -0.1) is 0 Å². The summed E-state index contributed by atoms with van der Waals surface area (Å²) in [6, 6.07) is 0. The molecule has 0 aliphatic heterocycles. The molecule has 0 bridgehead atoms. The van der Waals surface area contributed by atoms with E-state index in [9.17, 15) is 0 Å². The van der Waals surface area contributed by atoms with Crippen LogP contribution in [0.1, 0.15) is 63.3 Å². The summed E-state index contributed by atoms with van der Waals surface area (Å²) < 4.78 is 16.6. The van der Waals surface area contributed by atoms with Crippen LogP contribution in [0.3, 0.4) is 0 Å². The molecule has 6 nitrogen and oxygen atoms in total. The molecule has 0 amide bonds. The summed E-state index contributed by atoms with van der Waals surface area (Å²) >= 11 is 0. The SMILES string of the molecule is CCOC1(c2noc(C(CN)OC)n2)CCCCCC1. The van der Waals surface area contributed by atoms with Gasteiger partial charge >= 0.3 is 0 Å². The molecule has 2 N–H and O–H groups in total. The molecular weight excluding hydrogens is 258 g/mol. The van der Waals surface area contributed by atoms with Crippen LogP contribution in [0.4, 0.5) is 0 Å². The van der Waals surface area contributed by atoms with Gasteiger partial charge in [-0.05, 0) is 19.8 Å². The standard InChI is InChI=1S/C14H25N3O3/c1-3-19-14(8-6-4-5-7-9-14)13-16-12(20-17-13)11(10-15)18-2/h11H,3-10,15H2,1-2H3. The quantitative estimate of drug-likeness (QED) is 0.806. The minimum atomic E-state index is -0.403. The maximum Gasteiger partial charge on any atom is 0.257 e. The molecule has 1 atom stereocenters. The topological polar surface area (TPSA) is 83.4 Å². The third-order valence-corrected chi connectivity index (χ3v) is 3.96. The summed E-state index contributed by atoms with van der Waals surface area (Å²) in [7, 11) is 1.59. The van der Waals surface area contributed by atoms with Crippen molar-refractivity contribution < 1.29 is 14.0 Å². The van der Waals surface area contributed by atoms with E-state index in [-0.39, 0.29) is 6.10 Å². The second-order valence-corrected chi connectivity index (χ2v) is 5.26. The highest BCUT2D eigenvalue weighted by Crippen LogP contribution is 2.38. The molecule has 1 aromatic heterocycles. The van der Waals surface area contributed by atoms with Crippen LogP contribution in [0.2, 0.25) is 0 Å². The van der Waals surface area contributed by atoms with Crippen molar-refractivity contribution in [2.24, 2.45) is 5.73 Å². The molecule has 0 radical (unpaired) electrons. The first-order chi connectivity index (χ1) is 9.75. The van der Waals surface area contributed by atoms with Crippen LogP contribution in [0.15, 0.2) is 4.52 Å². The minimum Gasteiger partial charge on any atom is -0.370 e. The van der Waals surface area contributed by atoms with E-state index in [0.717, 1.165) is 25.7 Å². The Hall–Kier alpha value is -0.980. The molecule has 1 fully saturated rings. The molecule has 1 aliphatic carbocycles. The monoisotopic (exact) mass is 283 g/mol. The Morgan fingerprint density at radius 2 is 2.00 bits per heavy atom. The molecule has 6 heteroatoms.